The minimum Gasteiger partial charge on any atom is -0.103 e. The van der Waals surface area contributed by atoms with Gasteiger partial charge < -0.3 is 0 Å². The van der Waals surface area contributed by atoms with Crippen LogP contribution in [0.4, 0.5) is 0 Å². The van der Waals surface area contributed by atoms with Crippen molar-refractivity contribution in [2.45, 2.75) is 18.6 Å². The van der Waals surface area contributed by atoms with Crippen LogP contribution < -0.4 is 0 Å². The predicted octanol–water partition coefficient (Wildman–Crippen LogP) is 2.48. The van der Waals surface area contributed by atoms with Gasteiger partial charge in [0, 0.05) is 0 Å². The lowest BCUT2D eigenvalue weighted by atomic mass is 10.7. The molecule has 1 radical (unpaired) electrons. The predicted molar refractivity (Wildman–Crippen MR) is 41.6 cm³/mol. The molecule has 0 unspecified atom stereocenters. The molecule has 0 amide bonds. The minimum absolute atomic E-state index is 0.128. The Bertz CT molecular complexity index is 66.5. The van der Waals surface area contributed by atoms with E-state index in [-0.39, 0.29) is 8.80 Å². The molecule has 0 spiro atoms. The third-order valence-corrected chi connectivity index (χ3v) is 2.96. The molecule has 8 heavy (non-hydrogen) atoms. The molecular formula is C7H13Si. The summed E-state index contributed by atoms with van der Waals surface area (Å²) in [6, 6.07) is 2.41. The monoisotopic (exact) mass is 125 g/mol. The van der Waals surface area contributed by atoms with Gasteiger partial charge in [0.1, 0.15) is 0 Å². The maximum atomic E-state index is 3.67. The highest BCUT2D eigenvalue weighted by Crippen LogP contribution is 1.98. The first-order valence-corrected chi connectivity index (χ1v) is 5.25. The highest BCUT2D eigenvalue weighted by molar-refractivity contribution is 6.58. The van der Waals surface area contributed by atoms with E-state index in [0.29, 0.717) is 0 Å². The summed E-state index contributed by atoms with van der Waals surface area (Å²) in [7, 11) is -0.128. The molecule has 0 aliphatic rings. The summed E-state index contributed by atoms with van der Waals surface area (Å²) in [4.78, 5) is 0. The molecule has 45 valence electrons. The summed E-state index contributed by atoms with van der Waals surface area (Å²) in [6.07, 6.45) is 4.00. The molecule has 0 saturated carbocycles. The fourth-order valence-electron chi connectivity index (χ4n) is 0.576. The Morgan fingerprint density at radius 1 is 1.25 bits per heavy atom. The van der Waals surface area contributed by atoms with Crippen LogP contribution in [0.3, 0.4) is 0 Å². The Balaban J connectivity index is 3.16. The molecule has 0 fully saturated rings. The topological polar surface area (TPSA) is 0 Å². The summed E-state index contributed by atoms with van der Waals surface area (Å²) in [5.41, 5.74) is 0. The van der Waals surface area contributed by atoms with E-state index in [2.05, 4.69) is 19.7 Å². The quantitative estimate of drug-likeness (QED) is 0.400. The summed E-state index contributed by atoms with van der Waals surface area (Å²) in [6.45, 7) is 9.65. The summed E-state index contributed by atoms with van der Waals surface area (Å²) in [5, 5.41) is 0. The molecule has 0 bridgehead atoms. The van der Waals surface area contributed by atoms with Gasteiger partial charge in [0.25, 0.3) is 0 Å². The van der Waals surface area contributed by atoms with Crippen LogP contribution in [0.5, 0.6) is 0 Å². The summed E-state index contributed by atoms with van der Waals surface area (Å²) in [5.74, 6) is 0. The van der Waals surface area contributed by atoms with Crippen molar-refractivity contribution < 1.29 is 0 Å². The van der Waals surface area contributed by atoms with Gasteiger partial charge >= 0.3 is 0 Å². The maximum absolute atomic E-state index is 3.67. The number of hydrogen-bond acceptors (Lipinski definition) is 0. The Morgan fingerprint density at radius 2 is 1.62 bits per heavy atom. The van der Waals surface area contributed by atoms with E-state index >= 15 is 0 Å². The van der Waals surface area contributed by atoms with Gasteiger partial charge in [-0.25, -0.2) is 0 Å². The van der Waals surface area contributed by atoms with Gasteiger partial charge in [0.15, 0.2) is 0 Å². The second kappa shape index (κ2) is 4.85. The Labute approximate surface area is 53.5 Å². The lowest BCUT2D eigenvalue weighted by Gasteiger charge is -1.98. The van der Waals surface area contributed by atoms with Crippen LogP contribution in [0, 0.1) is 0 Å². The molecule has 0 N–H and O–H groups in total. The SMILES string of the molecule is C=CC[Si](C)CC=C. The van der Waals surface area contributed by atoms with E-state index < -0.39 is 0 Å². The van der Waals surface area contributed by atoms with Crippen LogP contribution in [0.25, 0.3) is 0 Å². The Kier molecular flexibility index (Phi) is 4.66. The van der Waals surface area contributed by atoms with E-state index in [1.165, 1.54) is 12.1 Å². The van der Waals surface area contributed by atoms with Crippen LogP contribution in [0.15, 0.2) is 25.3 Å². The van der Waals surface area contributed by atoms with Crippen molar-refractivity contribution in [1.82, 2.24) is 0 Å². The second-order valence-corrected chi connectivity index (χ2v) is 4.67. The van der Waals surface area contributed by atoms with Crippen molar-refractivity contribution in [2.75, 3.05) is 0 Å². The first-order valence-electron chi connectivity index (χ1n) is 2.84. The highest BCUT2D eigenvalue weighted by atomic mass is 28.3. The molecule has 0 aromatic rings. The van der Waals surface area contributed by atoms with Gasteiger partial charge in [-0.3, -0.25) is 0 Å². The van der Waals surface area contributed by atoms with Crippen molar-refractivity contribution in [2.24, 2.45) is 0 Å². The Hall–Kier alpha value is -0.303. The number of allylic oxidation sites excluding steroid dienone is 2. The van der Waals surface area contributed by atoms with Crippen molar-refractivity contribution >= 4 is 8.80 Å². The zero-order valence-corrected chi connectivity index (χ0v) is 6.48. The maximum Gasteiger partial charge on any atom is 0.0525 e. The molecule has 0 aliphatic carbocycles. The zero-order chi connectivity index (χ0) is 6.41. The lowest BCUT2D eigenvalue weighted by molar-refractivity contribution is 1.53. The fraction of sp³-hybridized carbons (Fsp3) is 0.429. The van der Waals surface area contributed by atoms with E-state index in [9.17, 15) is 0 Å². The molecule has 0 nitrogen and oxygen atoms in total. The molecule has 0 atom stereocenters. The van der Waals surface area contributed by atoms with Crippen molar-refractivity contribution in [3.63, 3.8) is 0 Å². The molecule has 0 heterocycles. The normalized spacial score (nSPS) is 9.25. The molecule has 0 aromatic carbocycles. The van der Waals surface area contributed by atoms with Crippen LogP contribution in [0.2, 0.25) is 18.6 Å². The van der Waals surface area contributed by atoms with E-state index in [4.69, 9.17) is 0 Å². The smallest absolute Gasteiger partial charge is 0.0525 e. The molecule has 0 aromatic heterocycles. The number of rotatable bonds is 4. The van der Waals surface area contributed by atoms with Crippen molar-refractivity contribution in [1.29, 1.82) is 0 Å². The average Bonchev–Trinajstić information content (AvgIpc) is 1.68. The van der Waals surface area contributed by atoms with Gasteiger partial charge in [-0.15, -0.1) is 13.2 Å². The standard InChI is InChI=1S/C7H13Si/c1-4-6-8(3)7-5-2/h4-5H,1-2,6-7H2,3H3. The van der Waals surface area contributed by atoms with Gasteiger partial charge in [-0.05, 0) is 12.1 Å². The first kappa shape index (κ1) is 7.70. The van der Waals surface area contributed by atoms with Gasteiger partial charge in [-0.2, -0.15) is 0 Å². The molecule has 0 rings (SSSR count). The molecular weight excluding hydrogens is 112 g/mol. The van der Waals surface area contributed by atoms with Crippen molar-refractivity contribution in [3.05, 3.63) is 25.3 Å². The fourth-order valence-corrected chi connectivity index (χ4v) is 1.73. The van der Waals surface area contributed by atoms with Crippen LogP contribution in [0.1, 0.15) is 0 Å². The zero-order valence-electron chi connectivity index (χ0n) is 5.48. The first-order chi connectivity index (χ1) is 3.81. The number of hydrogen-bond donors (Lipinski definition) is 0. The average molecular weight is 125 g/mol. The van der Waals surface area contributed by atoms with E-state index in [1.54, 1.807) is 0 Å². The third kappa shape index (κ3) is 3.87. The molecule has 0 aliphatic heterocycles. The minimum atomic E-state index is -0.128. The van der Waals surface area contributed by atoms with Crippen LogP contribution in [-0.4, -0.2) is 8.80 Å². The lowest BCUT2D eigenvalue weighted by Crippen LogP contribution is -2.00. The van der Waals surface area contributed by atoms with E-state index in [1.807, 2.05) is 12.2 Å². The molecule has 0 saturated heterocycles. The van der Waals surface area contributed by atoms with Gasteiger partial charge in [-0.1, -0.05) is 18.7 Å². The third-order valence-electron chi connectivity index (χ3n) is 0.986. The van der Waals surface area contributed by atoms with E-state index in [0.717, 1.165) is 0 Å². The largest absolute Gasteiger partial charge is 0.103 e. The van der Waals surface area contributed by atoms with Crippen LogP contribution in [-0.2, 0) is 0 Å². The summed E-state index contributed by atoms with van der Waals surface area (Å²) < 4.78 is 0. The van der Waals surface area contributed by atoms with Crippen molar-refractivity contribution in [3.8, 4) is 0 Å². The molecule has 1 heteroatoms. The summed E-state index contributed by atoms with van der Waals surface area (Å²) >= 11 is 0. The van der Waals surface area contributed by atoms with Gasteiger partial charge in [0.05, 0.1) is 8.80 Å². The second-order valence-electron chi connectivity index (χ2n) is 1.94. The van der Waals surface area contributed by atoms with Gasteiger partial charge in [0.2, 0.25) is 0 Å². The Morgan fingerprint density at radius 3 is 1.88 bits per heavy atom. The van der Waals surface area contributed by atoms with Crippen LogP contribution >= 0.6 is 0 Å². The highest BCUT2D eigenvalue weighted by Gasteiger charge is 1.95.